The molecule has 2 atom stereocenters. The lowest BCUT2D eigenvalue weighted by molar-refractivity contribution is -0.118. The van der Waals surface area contributed by atoms with Gasteiger partial charge in [0.05, 0.1) is 20.0 Å². The second-order valence-electron chi connectivity index (χ2n) is 9.92. The van der Waals surface area contributed by atoms with Crippen molar-refractivity contribution in [2.24, 2.45) is 11.8 Å². The number of thioether (sulfide) groups is 1. The predicted octanol–water partition coefficient (Wildman–Crippen LogP) is 5.90. The van der Waals surface area contributed by atoms with Crippen LogP contribution in [0.5, 0.6) is 11.5 Å². The molecule has 5 rings (SSSR count). The van der Waals surface area contributed by atoms with Gasteiger partial charge in [0.25, 0.3) is 0 Å². The third-order valence-corrected chi connectivity index (χ3v) is 8.18. The first-order chi connectivity index (χ1) is 18.6. The van der Waals surface area contributed by atoms with Crippen molar-refractivity contribution in [1.82, 2.24) is 20.3 Å². The zero-order chi connectivity index (χ0) is 26.3. The molecule has 1 amide bonds. The second kappa shape index (κ2) is 12.3. The molecule has 0 bridgehead atoms. The summed E-state index contributed by atoms with van der Waals surface area (Å²) in [7, 11) is 3.22. The van der Waals surface area contributed by atoms with Crippen molar-refractivity contribution in [1.29, 1.82) is 0 Å². The summed E-state index contributed by atoms with van der Waals surface area (Å²) >= 11 is 1.35. The van der Waals surface area contributed by atoms with E-state index in [1.54, 1.807) is 26.6 Å². The number of ether oxygens (including phenoxy) is 2. The molecule has 1 fully saturated rings. The highest BCUT2D eigenvalue weighted by Crippen LogP contribution is 2.33. The Labute approximate surface area is 227 Å². The number of amides is 1. The molecule has 2 heterocycles. The van der Waals surface area contributed by atoms with E-state index in [1.807, 2.05) is 24.4 Å². The standard InChI is InChI=1S/C30H34N4O3S/c1-36-27-9-8-24(15-28(27)37-2)25-17-33-30(34-18-25)38-19-29(35)32-16-22-5-3-4-20(13-22)12-21-6-7-23-10-11-31-26(23)14-21/h6-11,14-15,17-18,20,22,31H,3-5,12-13,16,19H2,1-2H3,(H,32,35). The first-order valence-electron chi connectivity index (χ1n) is 13.1. The highest BCUT2D eigenvalue weighted by atomic mass is 32.2. The van der Waals surface area contributed by atoms with Crippen LogP contribution in [0.3, 0.4) is 0 Å². The zero-order valence-corrected chi connectivity index (χ0v) is 22.7. The molecular weight excluding hydrogens is 496 g/mol. The fraction of sp³-hybridized carbons (Fsp3) is 0.367. The number of benzene rings is 2. The maximum atomic E-state index is 12.5. The predicted molar refractivity (Wildman–Crippen MR) is 152 cm³/mol. The lowest BCUT2D eigenvalue weighted by Crippen LogP contribution is -2.33. The van der Waals surface area contributed by atoms with Gasteiger partial charge in [-0.15, -0.1) is 0 Å². The lowest BCUT2D eigenvalue weighted by Gasteiger charge is -2.29. The molecule has 2 aromatic carbocycles. The molecule has 0 spiro atoms. The van der Waals surface area contributed by atoms with Crippen LogP contribution in [0, 0.1) is 11.8 Å². The molecule has 8 heteroatoms. The number of nitrogens with one attached hydrogen (secondary N) is 2. The number of H-pyrrole nitrogens is 1. The number of nitrogens with zero attached hydrogens (tertiary/aromatic N) is 2. The van der Waals surface area contributed by atoms with E-state index in [0.29, 0.717) is 34.2 Å². The Hall–Kier alpha value is -3.52. The molecule has 0 aliphatic heterocycles. The molecule has 0 radical (unpaired) electrons. The largest absolute Gasteiger partial charge is 0.493 e. The van der Waals surface area contributed by atoms with Crippen LogP contribution in [-0.4, -0.2) is 47.4 Å². The molecule has 2 aromatic heterocycles. The van der Waals surface area contributed by atoms with Crippen molar-refractivity contribution < 1.29 is 14.3 Å². The van der Waals surface area contributed by atoms with E-state index in [-0.39, 0.29) is 5.91 Å². The van der Waals surface area contributed by atoms with Gasteiger partial charge in [-0.25, -0.2) is 9.97 Å². The number of methoxy groups -OCH3 is 2. The molecule has 0 saturated heterocycles. The molecule has 4 aromatic rings. The molecule has 1 saturated carbocycles. The zero-order valence-electron chi connectivity index (χ0n) is 21.9. The van der Waals surface area contributed by atoms with Crippen molar-refractivity contribution >= 4 is 28.6 Å². The first-order valence-corrected chi connectivity index (χ1v) is 14.1. The number of rotatable bonds is 10. The van der Waals surface area contributed by atoms with Crippen LogP contribution in [-0.2, 0) is 11.2 Å². The Morgan fingerprint density at radius 1 is 1.00 bits per heavy atom. The molecule has 38 heavy (non-hydrogen) atoms. The lowest BCUT2D eigenvalue weighted by atomic mass is 9.78. The SMILES string of the molecule is COc1ccc(-c2cnc(SCC(=O)NCC3CCCC(Cc4ccc5cc[nH]c5c4)C3)nc2)cc1OC. The Bertz CT molecular complexity index is 1370. The highest BCUT2D eigenvalue weighted by Gasteiger charge is 2.23. The van der Waals surface area contributed by atoms with Crippen molar-refractivity contribution in [3.63, 3.8) is 0 Å². The molecular formula is C30H34N4O3S. The van der Waals surface area contributed by atoms with Crippen LogP contribution >= 0.6 is 11.8 Å². The Morgan fingerprint density at radius 2 is 1.82 bits per heavy atom. The number of aromatic nitrogens is 3. The van der Waals surface area contributed by atoms with Gasteiger partial charge in [0.15, 0.2) is 16.7 Å². The van der Waals surface area contributed by atoms with Crippen molar-refractivity contribution in [2.75, 3.05) is 26.5 Å². The van der Waals surface area contributed by atoms with Crippen molar-refractivity contribution in [3.05, 3.63) is 66.6 Å². The average molecular weight is 531 g/mol. The van der Waals surface area contributed by atoms with Gasteiger partial charge in [-0.05, 0) is 71.9 Å². The van der Waals surface area contributed by atoms with Gasteiger partial charge in [0.2, 0.25) is 5.91 Å². The van der Waals surface area contributed by atoms with E-state index in [1.165, 1.54) is 47.5 Å². The fourth-order valence-corrected chi connectivity index (χ4v) is 5.94. The number of hydrogen-bond donors (Lipinski definition) is 2. The normalized spacial score (nSPS) is 17.3. The summed E-state index contributed by atoms with van der Waals surface area (Å²) in [4.78, 5) is 24.7. The summed E-state index contributed by atoms with van der Waals surface area (Å²) in [5.74, 6) is 2.87. The topological polar surface area (TPSA) is 89.1 Å². The maximum absolute atomic E-state index is 12.5. The van der Waals surface area contributed by atoms with Gasteiger partial charge in [0, 0.05) is 36.2 Å². The third kappa shape index (κ3) is 6.48. The van der Waals surface area contributed by atoms with Gasteiger partial charge in [-0.1, -0.05) is 42.8 Å². The molecule has 198 valence electrons. The van der Waals surface area contributed by atoms with E-state index in [4.69, 9.17) is 9.47 Å². The number of fused-ring (bicyclic) bond motifs is 1. The summed E-state index contributed by atoms with van der Waals surface area (Å²) in [6.45, 7) is 0.741. The molecule has 2 N–H and O–H groups in total. The number of aromatic amines is 1. The van der Waals surface area contributed by atoms with Crippen LogP contribution in [0.4, 0.5) is 0 Å². The highest BCUT2D eigenvalue weighted by molar-refractivity contribution is 7.99. The summed E-state index contributed by atoms with van der Waals surface area (Å²) in [5.41, 5.74) is 4.41. The van der Waals surface area contributed by atoms with Crippen LogP contribution in [0.1, 0.15) is 31.2 Å². The van der Waals surface area contributed by atoms with Gasteiger partial charge < -0.3 is 19.8 Å². The van der Waals surface area contributed by atoms with Crippen molar-refractivity contribution in [2.45, 2.75) is 37.3 Å². The fourth-order valence-electron chi connectivity index (χ4n) is 5.32. The van der Waals surface area contributed by atoms with Crippen LogP contribution in [0.2, 0.25) is 0 Å². The third-order valence-electron chi connectivity index (χ3n) is 7.30. The van der Waals surface area contributed by atoms with E-state index in [0.717, 1.165) is 30.5 Å². The quantitative estimate of drug-likeness (QED) is 0.196. The number of carbonyl (C=O) groups is 1. The Balaban J connectivity index is 1.07. The van der Waals surface area contributed by atoms with E-state index in [2.05, 4.69) is 44.5 Å². The number of carbonyl (C=O) groups excluding carboxylic acids is 1. The monoisotopic (exact) mass is 530 g/mol. The summed E-state index contributed by atoms with van der Waals surface area (Å²) in [5, 5.41) is 4.99. The van der Waals surface area contributed by atoms with E-state index >= 15 is 0 Å². The molecule has 7 nitrogen and oxygen atoms in total. The summed E-state index contributed by atoms with van der Waals surface area (Å²) in [6.07, 6.45) is 11.5. The molecule has 1 aliphatic rings. The van der Waals surface area contributed by atoms with Gasteiger partial charge >= 0.3 is 0 Å². The van der Waals surface area contributed by atoms with Gasteiger partial charge in [0.1, 0.15) is 0 Å². The molecule has 2 unspecified atom stereocenters. The van der Waals surface area contributed by atoms with Gasteiger partial charge in [-0.2, -0.15) is 0 Å². The van der Waals surface area contributed by atoms with Crippen LogP contribution in [0.25, 0.3) is 22.0 Å². The number of hydrogen-bond acceptors (Lipinski definition) is 6. The smallest absolute Gasteiger partial charge is 0.230 e. The van der Waals surface area contributed by atoms with Gasteiger partial charge in [-0.3, -0.25) is 4.79 Å². The first kappa shape index (κ1) is 26.1. The summed E-state index contributed by atoms with van der Waals surface area (Å²) in [6, 6.07) is 14.5. The minimum absolute atomic E-state index is 0.0295. The van der Waals surface area contributed by atoms with E-state index < -0.39 is 0 Å². The Kier molecular flexibility index (Phi) is 8.48. The second-order valence-corrected chi connectivity index (χ2v) is 10.9. The average Bonchev–Trinajstić information content (AvgIpc) is 3.43. The van der Waals surface area contributed by atoms with Crippen LogP contribution < -0.4 is 14.8 Å². The molecule has 1 aliphatic carbocycles. The minimum atomic E-state index is 0.0295. The van der Waals surface area contributed by atoms with E-state index in [9.17, 15) is 4.79 Å². The maximum Gasteiger partial charge on any atom is 0.230 e. The van der Waals surface area contributed by atoms with Crippen molar-refractivity contribution in [3.8, 4) is 22.6 Å². The minimum Gasteiger partial charge on any atom is -0.493 e. The van der Waals surface area contributed by atoms with Crippen LogP contribution in [0.15, 0.2) is 66.2 Å². The summed E-state index contributed by atoms with van der Waals surface area (Å²) < 4.78 is 10.7. The Morgan fingerprint density at radius 3 is 2.63 bits per heavy atom.